The predicted octanol–water partition coefficient (Wildman–Crippen LogP) is 2.48. The van der Waals surface area contributed by atoms with Gasteiger partial charge in [-0.25, -0.2) is 4.68 Å². The maximum Gasteiger partial charge on any atom is 0.234 e. The van der Waals surface area contributed by atoms with Gasteiger partial charge in [0.15, 0.2) is 5.82 Å². The molecule has 2 aromatic rings. The Morgan fingerprint density at radius 2 is 2.00 bits per heavy atom. The lowest BCUT2D eigenvalue weighted by Gasteiger charge is -2.32. The highest BCUT2D eigenvalue weighted by Crippen LogP contribution is 2.29. The lowest BCUT2D eigenvalue weighted by molar-refractivity contribution is -0.121. The number of nitrogens with two attached hydrogens (primary N) is 1. The largest absolute Gasteiger partial charge is 0.337 e. The summed E-state index contributed by atoms with van der Waals surface area (Å²) in [7, 11) is 0. The SMILES string of the molecule is C[C@@H](Sc1nnc(-c2ccccc2)n1N)C(=O)NC1(C#N)CCCCC1. The Balaban J connectivity index is 1.68. The van der Waals surface area contributed by atoms with E-state index in [1.165, 1.54) is 16.4 Å². The molecular weight excluding hydrogens is 348 g/mol. The van der Waals surface area contributed by atoms with Crippen LogP contribution in [0, 0.1) is 11.3 Å². The van der Waals surface area contributed by atoms with Gasteiger partial charge in [0.05, 0.1) is 11.3 Å². The molecule has 0 unspecified atom stereocenters. The van der Waals surface area contributed by atoms with Crippen molar-refractivity contribution in [1.82, 2.24) is 20.2 Å². The summed E-state index contributed by atoms with van der Waals surface area (Å²) in [6.45, 7) is 1.78. The molecule has 1 aromatic heterocycles. The van der Waals surface area contributed by atoms with E-state index in [-0.39, 0.29) is 5.91 Å². The van der Waals surface area contributed by atoms with Gasteiger partial charge in [-0.1, -0.05) is 61.4 Å². The minimum atomic E-state index is -0.740. The van der Waals surface area contributed by atoms with E-state index in [2.05, 4.69) is 21.6 Å². The van der Waals surface area contributed by atoms with Gasteiger partial charge in [-0.2, -0.15) is 5.26 Å². The van der Waals surface area contributed by atoms with Crippen molar-refractivity contribution in [2.45, 2.75) is 55.0 Å². The topological polar surface area (TPSA) is 110 Å². The van der Waals surface area contributed by atoms with Gasteiger partial charge in [0.1, 0.15) is 5.54 Å². The average Bonchev–Trinajstić information content (AvgIpc) is 3.03. The van der Waals surface area contributed by atoms with Gasteiger partial charge in [-0.15, -0.1) is 10.2 Å². The fourth-order valence-corrected chi connectivity index (χ4v) is 3.88. The Kier molecular flexibility index (Phi) is 5.47. The molecule has 1 fully saturated rings. The van der Waals surface area contributed by atoms with Crippen LogP contribution in [-0.4, -0.2) is 31.6 Å². The van der Waals surface area contributed by atoms with Crippen LogP contribution in [0.4, 0.5) is 0 Å². The van der Waals surface area contributed by atoms with Crippen LogP contribution in [0.2, 0.25) is 0 Å². The van der Waals surface area contributed by atoms with Gasteiger partial charge >= 0.3 is 0 Å². The summed E-state index contributed by atoms with van der Waals surface area (Å²) in [5, 5.41) is 20.7. The summed E-state index contributed by atoms with van der Waals surface area (Å²) >= 11 is 1.23. The van der Waals surface area contributed by atoms with E-state index in [1.54, 1.807) is 6.92 Å². The van der Waals surface area contributed by atoms with Crippen molar-refractivity contribution < 1.29 is 4.79 Å². The van der Waals surface area contributed by atoms with Crippen molar-refractivity contribution in [3.63, 3.8) is 0 Å². The third-order valence-electron chi connectivity index (χ3n) is 4.63. The van der Waals surface area contributed by atoms with E-state index in [0.29, 0.717) is 23.8 Å². The van der Waals surface area contributed by atoms with Crippen LogP contribution < -0.4 is 11.2 Å². The smallest absolute Gasteiger partial charge is 0.234 e. The molecule has 1 amide bonds. The van der Waals surface area contributed by atoms with Gasteiger partial charge < -0.3 is 11.2 Å². The van der Waals surface area contributed by atoms with Crippen LogP contribution in [0.1, 0.15) is 39.0 Å². The highest BCUT2D eigenvalue weighted by molar-refractivity contribution is 8.00. The van der Waals surface area contributed by atoms with Crippen LogP contribution in [0.15, 0.2) is 35.5 Å². The maximum atomic E-state index is 12.6. The molecule has 7 nitrogen and oxygen atoms in total. The Morgan fingerprint density at radius 3 is 2.65 bits per heavy atom. The molecule has 1 heterocycles. The van der Waals surface area contributed by atoms with Crippen molar-refractivity contribution in [2.75, 3.05) is 5.84 Å². The second-order valence-corrected chi connectivity index (χ2v) is 7.85. The van der Waals surface area contributed by atoms with Gasteiger partial charge in [0.25, 0.3) is 0 Å². The Bertz CT molecular complexity index is 807. The predicted molar refractivity (Wildman–Crippen MR) is 100 cm³/mol. The number of hydrogen-bond donors (Lipinski definition) is 2. The van der Waals surface area contributed by atoms with Crippen molar-refractivity contribution in [3.05, 3.63) is 30.3 Å². The molecule has 1 atom stereocenters. The zero-order valence-electron chi connectivity index (χ0n) is 14.7. The summed E-state index contributed by atoms with van der Waals surface area (Å²) in [6, 6.07) is 11.8. The number of nitrogens with zero attached hydrogens (tertiary/aromatic N) is 4. The number of benzene rings is 1. The molecule has 3 rings (SSSR count). The summed E-state index contributed by atoms with van der Waals surface area (Å²) in [6.07, 6.45) is 4.46. The third kappa shape index (κ3) is 3.83. The summed E-state index contributed by atoms with van der Waals surface area (Å²) in [5.74, 6) is 6.47. The van der Waals surface area contributed by atoms with Gasteiger partial charge in [-0.3, -0.25) is 4.79 Å². The Morgan fingerprint density at radius 1 is 1.31 bits per heavy atom. The normalized spacial score (nSPS) is 17.2. The molecule has 0 saturated heterocycles. The van der Waals surface area contributed by atoms with Gasteiger partial charge in [0.2, 0.25) is 11.1 Å². The minimum absolute atomic E-state index is 0.178. The Labute approximate surface area is 156 Å². The minimum Gasteiger partial charge on any atom is -0.337 e. The van der Waals surface area contributed by atoms with E-state index in [4.69, 9.17) is 5.84 Å². The van der Waals surface area contributed by atoms with Gasteiger partial charge in [0, 0.05) is 5.56 Å². The molecule has 26 heavy (non-hydrogen) atoms. The molecular formula is C18H22N6OS. The van der Waals surface area contributed by atoms with E-state index < -0.39 is 10.8 Å². The summed E-state index contributed by atoms with van der Waals surface area (Å²) < 4.78 is 1.39. The molecule has 8 heteroatoms. The first-order chi connectivity index (χ1) is 12.5. The zero-order chi connectivity index (χ0) is 18.6. The molecule has 1 aliphatic carbocycles. The second-order valence-electron chi connectivity index (χ2n) is 6.55. The Hall–Kier alpha value is -2.53. The number of thioether (sulfide) groups is 1. The first-order valence-electron chi connectivity index (χ1n) is 8.70. The number of hydrogen-bond acceptors (Lipinski definition) is 6. The number of nitriles is 1. The first kappa shape index (κ1) is 18.3. The van der Waals surface area contributed by atoms with Crippen LogP contribution >= 0.6 is 11.8 Å². The molecule has 0 radical (unpaired) electrons. The fraction of sp³-hybridized carbons (Fsp3) is 0.444. The van der Waals surface area contributed by atoms with E-state index >= 15 is 0 Å². The maximum absolute atomic E-state index is 12.6. The summed E-state index contributed by atoms with van der Waals surface area (Å²) in [5.41, 5.74) is 0.118. The monoisotopic (exact) mass is 370 g/mol. The van der Waals surface area contributed by atoms with E-state index in [9.17, 15) is 10.1 Å². The van der Waals surface area contributed by atoms with Crippen molar-refractivity contribution in [2.24, 2.45) is 0 Å². The molecule has 1 saturated carbocycles. The van der Waals surface area contributed by atoms with Crippen LogP contribution in [-0.2, 0) is 4.79 Å². The van der Waals surface area contributed by atoms with Crippen molar-refractivity contribution in [3.8, 4) is 17.5 Å². The fourth-order valence-electron chi connectivity index (χ4n) is 3.11. The number of aromatic nitrogens is 3. The molecule has 3 N–H and O–H groups in total. The molecule has 0 aliphatic heterocycles. The second kappa shape index (κ2) is 7.79. The number of nitrogens with one attached hydrogen (secondary N) is 1. The highest BCUT2D eigenvalue weighted by Gasteiger charge is 2.35. The van der Waals surface area contributed by atoms with Crippen molar-refractivity contribution >= 4 is 17.7 Å². The molecule has 1 aliphatic rings. The zero-order valence-corrected chi connectivity index (χ0v) is 15.5. The first-order valence-corrected chi connectivity index (χ1v) is 9.58. The van der Waals surface area contributed by atoms with E-state index in [1.807, 2.05) is 30.3 Å². The number of nitrogen functional groups attached to an aromatic ring is 1. The van der Waals surface area contributed by atoms with Crippen LogP contribution in [0.25, 0.3) is 11.4 Å². The van der Waals surface area contributed by atoms with E-state index in [0.717, 1.165) is 24.8 Å². The standard InChI is InChI=1S/C18H22N6OS/c1-13(16(25)21-18(12-19)10-6-3-7-11-18)26-17-23-22-15(24(17)20)14-8-4-2-5-9-14/h2,4-5,8-9,13H,3,6-7,10-11,20H2,1H3,(H,21,25)/t13-/m1/s1. The molecule has 1 aromatic carbocycles. The number of amides is 1. The quantitative estimate of drug-likeness (QED) is 0.618. The van der Waals surface area contributed by atoms with Crippen LogP contribution in [0.3, 0.4) is 0 Å². The third-order valence-corrected chi connectivity index (χ3v) is 5.69. The van der Waals surface area contributed by atoms with Crippen LogP contribution in [0.5, 0.6) is 0 Å². The number of rotatable bonds is 5. The summed E-state index contributed by atoms with van der Waals surface area (Å²) in [4.78, 5) is 12.6. The number of carbonyl (C=O) groups excluding carboxylic acids is 1. The van der Waals surface area contributed by atoms with Gasteiger partial charge in [-0.05, 0) is 19.8 Å². The molecule has 136 valence electrons. The lowest BCUT2D eigenvalue weighted by Crippen LogP contribution is -2.51. The number of carbonyl (C=O) groups is 1. The molecule has 0 bridgehead atoms. The highest BCUT2D eigenvalue weighted by atomic mass is 32.2. The average molecular weight is 370 g/mol. The lowest BCUT2D eigenvalue weighted by atomic mass is 9.83. The molecule has 0 spiro atoms. The van der Waals surface area contributed by atoms with Crippen molar-refractivity contribution in [1.29, 1.82) is 5.26 Å².